The molecule has 4 rings (SSSR count). The van der Waals surface area contributed by atoms with Crippen LogP contribution in [-0.4, -0.2) is 78.3 Å². The summed E-state index contributed by atoms with van der Waals surface area (Å²) >= 11 is 0. The number of ether oxygens (including phenoxy) is 6. The molecule has 0 saturated carbocycles. The molecule has 10 nitrogen and oxygen atoms in total. The topological polar surface area (TPSA) is 113 Å². The molecule has 0 bridgehead atoms. The first-order valence-electron chi connectivity index (χ1n) is 17.5. The van der Waals surface area contributed by atoms with Crippen molar-refractivity contribution in [3.63, 3.8) is 0 Å². The highest BCUT2D eigenvalue weighted by atomic mass is 16.7. The van der Waals surface area contributed by atoms with Crippen molar-refractivity contribution in [1.29, 1.82) is 0 Å². The molecule has 2 heterocycles. The van der Waals surface area contributed by atoms with Crippen molar-refractivity contribution in [3.8, 4) is 0 Å². The van der Waals surface area contributed by atoms with E-state index in [1.54, 1.807) is 11.8 Å². The lowest BCUT2D eigenvalue weighted by atomic mass is 9.83. The highest BCUT2D eigenvalue weighted by molar-refractivity contribution is 5.67. The molecule has 48 heavy (non-hydrogen) atoms. The maximum Gasteiger partial charge on any atom is 0.410 e. The second kappa shape index (κ2) is 18.7. The fraction of sp³-hybridized carbons (Fsp3) is 0.632. The van der Waals surface area contributed by atoms with E-state index in [0.717, 1.165) is 30.4 Å². The standard InChI is InChI=1S/C38H55NO9/c1-7-32-34(48-37-35(46-29(6)40)27(4)33(41)28(5)45-37)25(2)26(3)36(47-32)43-22-16-10-15-21-39(23-30-17-11-8-12-18-30)38(42)44-24-31-19-13-9-14-20-31/h8-9,11-14,17-20,25-28,32-37,41H,7,10,15-16,21-24H2,1-6H3/t25-,26?,27+,28?,32?,33+,34+,35?,36+,37+/m1/s1. The molecule has 266 valence electrons. The molecule has 1 N–H and O–H groups in total. The van der Waals surface area contributed by atoms with Crippen LogP contribution in [0, 0.1) is 17.8 Å². The van der Waals surface area contributed by atoms with Crippen molar-refractivity contribution in [2.24, 2.45) is 17.8 Å². The second-order valence-electron chi connectivity index (χ2n) is 13.3. The number of benzene rings is 2. The van der Waals surface area contributed by atoms with Gasteiger partial charge in [-0.05, 0) is 49.7 Å². The maximum absolute atomic E-state index is 13.0. The van der Waals surface area contributed by atoms with Crippen molar-refractivity contribution in [1.82, 2.24) is 4.90 Å². The lowest BCUT2D eigenvalue weighted by Gasteiger charge is -2.48. The lowest BCUT2D eigenvalue weighted by molar-refractivity contribution is -0.335. The lowest BCUT2D eigenvalue weighted by Crippen LogP contribution is -2.58. The van der Waals surface area contributed by atoms with E-state index in [1.165, 1.54) is 6.92 Å². The molecular weight excluding hydrogens is 614 g/mol. The van der Waals surface area contributed by atoms with E-state index in [4.69, 9.17) is 28.4 Å². The second-order valence-corrected chi connectivity index (χ2v) is 13.3. The highest BCUT2D eigenvalue weighted by Crippen LogP contribution is 2.38. The van der Waals surface area contributed by atoms with Gasteiger partial charge in [-0.1, -0.05) is 88.4 Å². The van der Waals surface area contributed by atoms with Gasteiger partial charge < -0.3 is 38.4 Å². The number of hydrogen-bond donors (Lipinski definition) is 1. The Morgan fingerprint density at radius 3 is 2.12 bits per heavy atom. The number of carbonyl (C=O) groups excluding carboxylic acids is 2. The van der Waals surface area contributed by atoms with Crippen molar-refractivity contribution < 1.29 is 43.1 Å². The number of aliphatic hydroxyl groups excluding tert-OH is 1. The molecule has 0 radical (unpaired) electrons. The number of amides is 1. The fourth-order valence-corrected chi connectivity index (χ4v) is 6.48. The Bertz CT molecular complexity index is 1250. The third-order valence-electron chi connectivity index (χ3n) is 9.64. The van der Waals surface area contributed by atoms with Crippen molar-refractivity contribution in [2.75, 3.05) is 13.2 Å². The first-order valence-corrected chi connectivity index (χ1v) is 17.5. The molecule has 2 saturated heterocycles. The minimum Gasteiger partial charge on any atom is -0.457 e. The van der Waals surface area contributed by atoms with Crippen LogP contribution < -0.4 is 0 Å². The molecule has 10 heteroatoms. The smallest absolute Gasteiger partial charge is 0.410 e. The van der Waals surface area contributed by atoms with Gasteiger partial charge in [0.2, 0.25) is 0 Å². The normalized spacial score (nSPS) is 30.4. The Morgan fingerprint density at radius 2 is 1.48 bits per heavy atom. The highest BCUT2D eigenvalue weighted by Gasteiger charge is 2.48. The largest absolute Gasteiger partial charge is 0.457 e. The first-order chi connectivity index (χ1) is 23.1. The number of aliphatic hydroxyl groups is 1. The molecule has 0 aromatic heterocycles. The number of unbranched alkanes of at least 4 members (excludes halogenated alkanes) is 2. The summed E-state index contributed by atoms with van der Waals surface area (Å²) in [5.74, 6) is -0.683. The first kappa shape index (κ1) is 37.8. The quantitative estimate of drug-likeness (QED) is 0.168. The summed E-state index contributed by atoms with van der Waals surface area (Å²) in [6, 6.07) is 19.6. The zero-order valence-corrected chi connectivity index (χ0v) is 29.4. The van der Waals surface area contributed by atoms with Crippen LogP contribution in [-0.2, 0) is 46.4 Å². The van der Waals surface area contributed by atoms with Gasteiger partial charge in [0, 0.05) is 38.5 Å². The summed E-state index contributed by atoms with van der Waals surface area (Å²) in [4.78, 5) is 26.7. The van der Waals surface area contributed by atoms with Crippen molar-refractivity contribution in [2.45, 2.75) is 123 Å². The number of carbonyl (C=O) groups is 2. The Labute approximate surface area is 286 Å². The van der Waals surface area contributed by atoms with E-state index in [1.807, 2.05) is 74.5 Å². The van der Waals surface area contributed by atoms with Gasteiger partial charge in [0.25, 0.3) is 0 Å². The molecule has 0 spiro atoms. The Morgan fingerprint density at radius 1 is 0.812 bits per heavy atom. The number of esters is 1. The van der Waals surface area contributed by atoms with Crippen LogP contribution in [0.4, 0.5) is 4.79 Å². The monoisotopic (exact) mass is 669 g/mol. The van der Waals surface area contributed by atoms with Crippen LogP contribution in [0.1, 0.15) is 78.4 Å². The van der Waals surface area contributed by atoms with Crippen molar-refractivity contribution in [3.05, 3.63) is 71.8 Å². The number of nitrogens with zero attached hydrogens (tertiary/aromatic N) is 1. The van der Waals surface area contributed by atoms with Gasteiger partial charge in [-0.2, -0.15) is 0 Å². The zero-order chi connectivity index (χ0) is 34.6. The number of hydrogen-bond acceptors (Lipinski definition) is 9. The van der Waals surface area contributed by atoms with Crippen LogP contribution in [0.15, 0.2) is 60.7 Å². The molecule has 10 atom stereocenters. The third-order valence-corrected chi connectivity index (χ3v) is 9.64. The Kier molecular flexibility index (Phi) is 14.7. The van der Waals surface area contributed by atoms with Gasteiger partial charge in [0.05, 0.1) is 24.4 Å². The fourth-order valence-electron chi connectivity index (χ4n) is 6.48. The van der Waals surface area contributed by atoms with E-state index in [0.29, 0.717) is 26.1 Å². The molecular formula is C38H55NO9. The van der Waals surface area contributed by atoms with E-state index < -0.39 is 30.6 Å². The van der Waals surface area contributed by atoms with Gasteiger partial charge in [0.1, 0.15) is 6.61 Å². The van der Waals surface area contributed by atoms with Crippen LogP contribution in [0.25, 0.3) is 0 Å². The molecule has 4 unspecified atom stereocenters. The molecule has 2 aromatic carbocycles. The van der Waals surface area contributed by atoms with Gasteiger partial charge in [-0.3, -0.25) is 4.79 Å². The van der Waals surface area contributed by atoms with Crippen LogP contribution >= 0.6 is 0 Å². The average Bonchev–Trinajstić information content (AvgIpc) is 3.09. The van der Waals surface area contributed by atoms with Gasteiger partial charge in [-0.25, -0.2) is 4.79 Å². The van der Waals surface area contributed by atoms with E-state index in [2.05, 4.69) is 13.8 Å². The maximum atomic E-state index is 13.0. The predicted molar refractivity (Wildman–Crippen MR) is 180 cm³/mol. The minimum absolute atomic E-state index is 0.0368. The van der Waals surface area contributed by atoms with E-state index >= 15 is 0 Å². The van der Waals surface area contributed by atoms with Gasteiger partial charge >= 0.3 is 12.1 Å². The summed E-state index contributed by atoms with van der Waals surface area (Å²) in [5.41, 5.74) is 2.01. The van der Waals surface area contributed by atoms with Crippen LogP contribution in [0.2, 0.25) is 0 Å². The molecule has 0 aliphatic carbocycles. The Balaban J connectivity index is 1.25. The Hall–Kier alpha value is -3.02. The minimum atomic E-state index is -0.811. The molecule has 2 fully saturated rings. The molecule has 2 aliphatic rings. The molecule has 2 aliphatic heterocycles. The van der Waals surface area contributed by atoms with Crippen LogP contribution in [0.5, 0.6) is 0 Å². The summed E-state index contributed by atoms with van der Waals surface area (Å²) in [6.07, 6.45) is -0.788. The molecule has 2 aromatic rings. The van der Waals surface area contributed by atoms with Crippen LogP contribution in [0.3, 0.4) is 0 Å². The summed E-state index contributed by atoms with van der Waals surface area (Å²) in [7, 11) is 0. The van der Waals surface area contributed by atoms with Gasteiger partial charge in [-0.15, -0.1) is 0 Å². The van der Waals surface area contributed by atoms with E-state index in [-0.39, 0.29) is 49.0 Å². The van der Waals surface area contributed by atoms with Crippen molar-refractivity contribution >= 4 is 12.1 Å². The summed E-state index contributed by atoms with van der Waals surface area (Å²) in [5, 5.41) is 10.6. The zero-order valence-electron chi connectivity index (χ0n) is 29.4. The molecule has 1 amide bonds. The summed E-state index contributed by atoms with van der Waals surface area (Å²) < 4.78 is 36.5. The third kappa shape index (κ3) is 10.5. The SMILES string of the molecule is CCC1O[C@H](OCCCCCN(Cc2ccccc2)C(=O)OCc2ccccc2)C(C)[C@@H](C)[C@@H]1O[C@@H]1OC(C)[C@@H](O)[C@H](C)C1OC(C)=O. The summed E-state index contributed by atoms with van der Waals surface area (Å²) in [6.45, 7) is 13.1. The average molecular weight is 670 g/mol. The predicted octanol–water partition coefficient (Wildman–Crippen LogP) is 6.48. The van der Waals surface area contributed by atoms with Gasteiger partial charge in [0.15, 0.2) is 18.7 Å². The van der Waals surface area contributed by atoms with E-state index in [9.17, 15) is 14.7 Å². The number of rotatable bonds is 15.